The lowest BCUT2D eigenvalue weighted by molar-refractivity contribution is 0.547. The van der Waals surface area contributed by atoms with Crippen LogP contribution < -0.4 is 10.0 Å². The molecular weight excluding hydrogens is 254 g/mol. The van der Waals surface area contributed by atoms with Crippen molar-refractivity contribution < 1.29 is 0 Å². The summed E-state index contributed by atoms with van der Waals surface area (Å²) in [7, 11) is 3.92. The molecule has 0 fully saturated rings. The first-order chi connectivity index (χ1) is 9.65. The second-order valence-electron chi connectivity index (χ2n) is 4.88. The van der Waals surface area contributed by atoms with Crippen LogP contribution in [0.25, 0.3) is 4.85 Å². The third-order valence-electron chi connectivity index (χ3n) is 3.10. The Balaban J connectivity index is 1.94. The molecule has 1 aromatic rings. The molecule has 7 nitrogen and oxygen atoms in total. The summed E-state index contributed by atoms with van der Waals surface area (Å²) in [5.74, 6) is 0. The first-order valence-electron chi connectivity index (χ1n) is 6.22. The molecule has 7 heteroatoms. The molecule has 0 atom stereocenters. The van der Waals surface area contributed by atoms with Gasteiger partial charge in [0.1, 0.15) is 26.0 Å². The van der Waals surface area contributed by atoms with Crippen LogP contribution in [0.1, 0.15) is 0 Å². The average Bonchev–Trinajstić information content (AvgIpc) is 3.07. The number of hydrogen-bond donors (Lipinski definition) is 0. The molecule has 0 spiro atoms. The Kier molecular flexibility index (Phi) is 2.91. The zero-order valence-electron chi connectivity index (χ0n) is 11.4. The van der Waals surface area contributed by atoms with Crippen molar-refractivity contribution in [1.82, 2.24) is 9.80 Å². The molecule has 3 rings (SSSR count). The van der Waals surface area contributed by atoms with E-state index in [1.807, 2.05) is 52.1 Å². The third-order valence-corrected chi connectivity index (χ3v) is 3.10. The van der Waals surface area contributed by atoms with Gasteiger partial charge in [-0.2, -0.15) is 10.2 Å². The molecule has 2 aliphatic rings. The first-order valence-corrected chi connectivity index (χ1v) is 6.22. The van der Waals surface area contributed by atoms with Crippen molar-refractivity contribution in [2.75, 3.05) is 37.5 Å². The zero-order valence-corrected chi connectivity index (χ0v) is 11.4. The Morgan fingerprint density at radius 2 is 1.45 bits per heavy atom. The van der Waals surface area contributed by atoms with Gasteiger partial charge in [-0.15, -0.1) is 0 Å². The van der Waals surface area contributed by atoms with Crippen molar-refractivity contribution in [2.24, 2.45) is 10.2 Å². The number of nitrogens with zero attached hydrogens (tertiary/aromatic N) is 7. The highest BCUT2D eigenvalue weighted by Gasteiger charge is 2.17. The van der Waals surface area contributed by atoms with Gasteiger partial charge in [-0.25, -0.2) is 14.9 Å². The summed E-state index contributed by atoms with van der Waals surface area (Å²) in [6.07, 6.45) is 3.54. The molecule has 2 heterocycles. The van der Waals surface area contributed by atoms with Crippen LogP contribution in [0, 0.1) is 6.57 Å². The summed E-state index contributed by atoms with van der Waals surface area (Å²) in [5.41, 5.74) is 2.39. The minimum atomic E-state index is 0.590. The summed E-state index contributed by atoms with van der Waals surface area (Å²) >= 11 is 0. The molecular formula is C13H15N7. The number of hydrazone groups is 2. The molecule has 0 N–H and O–H groups in total. The van der Waals surface area contributed by atoms with Gasteiger partial charge >= 0.3 is 0 Å². The quantitative estimate of drug-likeness (QED) is 0.764. The third kappa shape index (κ3) is 2.23. The van der Waals surface area contributed by atoms with E-state index in [4.69, 9.17) is 6.57 Å². The molecule has 0 unspecified atom stereocenters. The van der Waals surface area contributed by atoms with E-state index in [0.717, 1.165) is 11.4 Å². The van der Waals surface area contributed by atoms with Crippen molar-refractivity contribution in [2.45, 2.75) is 0 Å². The molecule has 102 valence electrons. The molecule has 0 saturated carbocycles. The Labute approximate surface area is 117 Å². The highest BCUT2D eigenvalue weighted by Crippen LogP contribution is 2.31. The monoisotopic (exact) mass is 269 g/mol. The maximum absolute atomic E-state index is 7.25. The summed E-state index contributed by atoms with van der Waals surface area (Å²) in [6, 6.07) is 5.69. The largest absolute Gasteiger partial charge is 0.345 e. The Morgan fingerprint density at radius 1 is 0.950 bits per heavy atom. The fraction of sp³-hybridized carbons (Fsp3) is 0.308. The van der Waals surface area contributed by atoms with Gasteiger partial charge in [-0.3, -0.25) is 0 Å². The van der Waals surface area contributed by atoms with Crippen LogP contribution in [0.4, 0.5) is 17.1 Å². The smallest absolute Gasteiger partial charge is 0.191 e. The number of rotatable bonds is 2. The Bertz CT molecular complexity index is 571. The van der Waals surface area contributed by atoms with Crippen LogP contribution in [0.2, 0.25) is 0 Å². The minimum Gasteiger partial charge on any atom is -0.345 e. The van der Waals surface area contributed by atoms with Gasteiger partial charge in [-0.05, 0) is 18.2 Å². The maximum atomic E-state index is 7.25. The van der Waals surface area contributed by atoms with Gasteiger partial charge in [0, 0.05) is 14.1 Å². The van der Waals surface area contributed by atoms with Crippen molar-refractivity contribution in [1.29, 1.82) is 0 Å². The summed E-state index contributed by atoms with van der Waals surface area (Å²) < 4.78 is 0. The SMILES string of the molecule is [C-]#[N+]c1cc(N2CN(C)C=N2)cc(N2CN(C)C=N2)c1. The van der Waals surface area contributed by atoms with E-state index < -0.39 is 0 Å². The molecule has 0 aliphatic carbocycles. The fourth-order valence-corrected chi connectivity index (χ4v) is 2.11. The van der Waals surface area contributed by atoms with E-state index in [-0.39, 0.29) is 0 Å². The van der Waals surface area contributed by atoms with Gasteiger partial charge in [0.15, 0.2) is 5.69 Å². The van der Waals surface area contributed by atoms with Crippen LogP contribution in [-0.2, 0) is 0 Å². The van der Waals surface area contributed by atoms with Crippen LogP contribution in [0.3, 0.4) is 0 Å². The number of anilines is 2. The second kappa shape index (κ2) is 4.74. The highest BCUT2D eigenvalue weighted by atomic mass is 15.6. The van der Waals surface area contributed by atoms with E-state index >= 15 is 0 Å². The molecule has 0 radical (unpaired) electrons. The van der Waals surface area contributed by atoms with Gasteiger partial charge in [0.05, 0.1) is 17.9 Å². The minimum absolute atomic E-state index is 0.590. The standard InChI is InChI=1S/C13H15N7/c1-14-11-4-12(19-9-17(2)7-15-19)6-13(5-11)20-10-18(3)8-16-20/h4-8H,9-10H2,2-3H3. The van der Waals surface area contributed by atoms with Gasteiger partial charge in [0.2, 0.25) is 0 Å². The van der Waals surface area contributed by atoms with Gasteiger partial charge in [0.25, 0.3) is 0 Å². The van der Waals surface area contributed by atoms with Crippen molar-refractivity contribution >= 4 is 29.7 Å². The molecule has 0 bridgehead atoms. The normalized spacial score (nSPS) is 17.2. The number of benzene rings is 1. The molecule has 0 aromatic heterocycles. The van der Waals surface area contributed by atoms with Crippen LogP contribution in [-0.4, -0.2) is 49.9 Å². The predicted octanol–water partition coefficient (Wildman–Crippen LogP) is 1.54. The van der Waals surface area contributed by atoms with Crippen LogP contribution >= 0.6 is 0 Å². The van der Waals surface area contributed by atoms with E-state index in [2.05, 4.69) is 15.0 Å². The fourth-order valence-electron chi connectivity index (χ4n) is 2.11. The summed E-state index contributed by atoms with van der Waals surface area (Å²) in [6.45, 7) is 8.62. The van der Waals surface area contributed by atoms with Gasteiger partial charge < -0.3 is 9.80 Å². The lowest BCUT2D eigenvalue weighted by atomic mass is 10.2. The van der Waals surface area contributed by atoms with E-state index in [1.165, 1.54) is 0 Å². The summed E-state index contributed by atoms with van der Waals surface area (Å²) in [4.78, 5) is 7.49. The van der Waals surface area contributed by atoms with Crippen molar-refractivity contribution in [3.8, 4) is 0 Å². The average molecular weight is 269 g/mol. The lowest BCUT2D eigenvalue weighted by Gasteiger charge is -2.20. The lowest BCUT2D eigenvalue weighted by Crippen LogP contribution is -2.24. The van der Waals surface area contributed by atoms with Crippen LogP contribution in [0.5, 0.6) is 0 Å². The molecule has 0 saturated heterocycles. The Morgan fingerprint density at radius 3 is 1.80 bits per heavy atom. The number of hydrogen-bond acceptors (Lipinski definition) is 6. The summed E-state index contributed by atoms with van der Waals surface area (Å²) in [5, 5.41) is 12.3. The molecule has 2 aliphatic heterocycles. The highest BCUT2D eigenvalue weighted by molar-refractivity contribution is 5.73. The van der Waals surface area contributed by atoms with Crippen molar-refractivity contribution in [3.05, 3.63) is 29.6 Å². The van der Waals surface area contributed by atoms with Crippen molar-refractivity contribution in [3.63, 3.8) is 0 Å². The molecule has 0 amide bonds. The molecule has 20 heavy (non-hydrogen) atoms. The van der Waals surface area contributed by atoms with E-state index in [0.29, 0.717) is 19.0 Å². The Hall–Kier alpha value is -2.75. The second-order valence-corrected chi connectivity index (χ2v) is 4.88. The molecule has 1 aromatic carbocycles. The van der Waals surface area contributed by atoms with Gasteiger partial charge in [-0.1, -0.05) is 0 Å². The predicted molar refractivity (Wildman–Crippen MR) is 79.9 cm³/mol. The van der Waals surface area contributed by atoms with E-state index in [1.54, 1.807) is 12.7 Å². The van der Waals surface area contributed by atoms with Crippen LogP contribution in [0.15, 0.2) is 28.4 Å². The topological polar surface area (TPSA) is 42.0 Å². The zero-order chi connectivity index (χ0) is 14.1. The maximum Gasteiger partial charge on any atom is 0.191 e. The first kappa shape index (κ1) is 12.3. The van der Waals surface area contributed by atoms with E-state index in [9.17, 15) is 0 Å².